The molecule has 8 atom stereocenters. The number of hydrogen-bond acceptors (Lipinski definition) is 12. The maximum atomic E-state index is 12.2. The Hall–Kier alpha value is -2.13. The molecular formula is C22H30O12. The molecule has 0 spiro atoms. The maximum absolute atomic E-state index is 12.2. The second-order valence-electron chi connectivity index (χ2n) is 8.19. The summed E-state index contributed by atoms with van der Waals surface area (Å²) in [5.41, 5.74) is 0.534. The van der Waals surface area contributed by atoms with Crippen LogP contribution in [0.3, 0.4) is 0 Å². The molecule has 190 valence electrons. The second kappa shape index (κ2) is 11.5. The topological polar surface area (TPSA) is 207 Å². The number of rotatable bonds is 9. The van der Waals surface area contributed by atoms with Gasteiger partial charge in [0.25, 0.3) is 0 Å². The molecule has 3 rings (SSSR count). The van der Waals surface area contributed by atoms with Gasteiger partial charge in [-0.2, -0.15) is 0 Å². The van der Waals surface area contributed by atoms with Crippen LogP contribution in [0.2, 0.25) is 0 Å². The lowest BCUT2D eigenvalue weighted by Crippen LogP contribution is -2.60. The monoisotopic (exact) mass is 486 g/mol. The zero-order valence-electron chi connectivity index (χ0n) is 18.2. The molecule has 1 saturated heterocycles. The molecule has 0 bridgehead atoms. The predicted molar refractivity (Wildman–Crippen MR) is 112 cm³/mol. The SMILES string of the molecule is O=C(OCC1OC(OC2C(O)C(CO)=C(CO)C2CCO)C(O)C(O)C1O)c1ccc(O)cc1. The average Bonchev–Trinajstić information content (AvgIpc) is 3.08. The van der Waals surface area contributed by atoms with E-state index in [9.17, 15) is 45.6 Å². The van der Waals surface area contributed by atoms with Crippen molar-refractivity contribution in [1.82, 2.24) is 0 Å². The third-order valence-corrected chi connectivity index (χ3v) is 6.15. The van der Waals surface area contributed by atoms with Crippen LogP contribution in [0.25, 0.3) is 0 Å². The fraction of sp³-hybridized carbons (Fsp3) is 0.591. The summed E-state index contributed by atoms with van der Waals surface area (Å²) >= 11 is 0. The largest absolute Gasteiger partial charge is 0.508 e. The summed E-state index contributed by atoms with van der Waals surface area (Å²) in [6.07, 6.45) is -10.4. The Bertz CT molecular complexity index is 856. The molecule has 0 saturated carbocycles. The number of ether oxygens (including phenoxy) is 3. The summed E-state index contributed by atoms with van der Waals surface area (Å²) in [6.45, 7) is -1.89. The average molecular weight is 486 g/mol. The number of aliphatic hydroxyl groups excluding tert-OH is 7. The third-order valence-electron chi connectivity index (χ3n) is 6.15. The second-order valence-corrected chi connectivity index (χ2v) is 8.19. The van der Waals surface area contributed by atoms with Gasteiger partial charge in [0.2, 0.25) is 0 Å². The highest BCUT2D eigenvalue weighted by atomic mass is 16.7. The number of phenolic OH excluding ortho intramolecular Hbond substituents is 1. The number of carbonyl (C=O) groups excluding carboxylic acids is 1. The molecule has 1 heterocycles. The first-order valence-corrected chi connectivity index (χ1v) is 10.8. The zero-order valence-corrected chi connectivity index (χ0v) is 18.2. The molecule has 1 aromatic carbocycles. The van der Waals surface area contributed by atoms with Crippen LogP contribution in [0.4, 0.5) is 0 Å². The Morgan fingerprint density at radius 1 is 0.912 bits per heavy atom. The lowest BCUT2D eigenvalue weighted by atomic mass is 9.95. The molecule has 0 radical (unpaired) electrons. The number of phenols is 1. The van der Waals surface area contributed by atoms with Crippen LogP contribution in [-0.2, 0) is 14.2 Å². The summed E-state index contributed by atoms with van der Waals surface area (Å²) in [6, 6.07) is 5.23. The van der Waals surface area contributed by atoms with Gasteiger partial charge in [0, 0.05) is 12.5 Å². The molecule has 2 aliphatic rings. The highest BCUT2D eigenvalue weighted by molar-refractivity contribution is 5.89. The number of aromatic hydroxyl groups is 1. The predicted octanol–water partition coefficient (Wildman–Crippen LogP) is -2.60. The van der Waals surface area contributed by atoms with E-state index in [1.54, 1.807) is 0 Å². The molecule has 0 aromatic heterocycles. The Labute approximate surface area is 194 Å². The van der Waals surface area contributed by atoms with Gasteiger partial charge in [-0.1, -0.05) is 0 Å². The minimum absolute atomic E-state index is 0.0449. The normalized spacial score (nSPS) is 33.9. The molecule has 8 N–H and O–H groups in total. The number of esters is 1. The minimum atomic E-state index is -1.74. The molecule has 0 amide bonds. The van der Waals surface area contributed by atoms with Crippen molar-refractivity contribution in [3.8, 4) is 5.75 Å². The Kier molecular flexibility index (Phi) is 8.98. The quantitative estimate of drug-likeness (QED) is 0.134. The first-order chi connectivity index (χ1) is 16.2. The first kappa shape index (κ1) is 26.5. The van der Waals surface area contributed by atoms with Crippen LogP contribution < -0.4 is 0 Å². The highest BCUT2D eigenvalue weighted by Gasteiger charge is 2.49. The summed E-state index contributed by atoms with van der Waals surface area (Å²) in [5.74, 6) is -1.54. The number of benzene rings is 1. The molecule has 1 aliphatic heterocycles. The fourth-order valence-corrected chi connectivity index (χ4v) is 4.27. The zero-order chi connectivity index (χ0) is 25.0. The van der Waals surface area contributed by atoms with Crippen molar-refractivity contribution < 1.29 is 59.9 Å². The molecule has 1 aliphatic carbocycles. The van der Waals surface area contributed by atoms with Gasteiger partial charge in [-0.15, -0.1) is 0 Å². The summed E-state index contributed by atoms with van der Waals surface area (Å²) < 4.78 is 16.4. The van der Waals surface area contributed by atoms with Crippen LogP contribution in [0, 0.1) is 5.92 Å². The first-order valence-electron chi connectivity index (χ1n) is 10.8. The van der Waals surface area contributed by atoms with Crippen molar-refractivity contribution in [3.05, 3.63) is 41.0 Å². The van der Waals surface area contributed by atoms with Gasteiger partial charge in [-0.3, -0.25) is 0 Å². The summed E-state index contributed by atoms with van der Waals surface area (Å²) in [4.78, 5) is 12.2. The van der Waals surface area contributed by atoms with Gasteiger partial charge < -0.3 is 55.1 Å². The Morgan fingerprint density at radius 2 is 1.56 bits per heavy atom. The van der Waals surface area contributed by atoms with E-state index >= 15 is 0 Å². The van der Waals surface area contributed by atoms with Crippen LogP contribution in [0.5, 0.6) is 5.75 Å². The van der Waals surface area contributed by atoms with E-state index in [0.29, 0.717) is 5.57 Å². The number of aliphatic hydroxyl groups is 7. The Morgan fingerprint density at radius 3 is 2.15 bits per heavy atom. The van der Waals surface area contributed by atoms with Crippen molar-refractivity contribution in [2.45, 2.75) is 49.3 Å². The van der Waals surface area contributed by atoms with Crippen LogP contribution in [-0.4, -0.2) is 116 Å². The third kappa shape index (κ3) is 5.40. The molecule has 1 aromatic rings. The fourth-order valence-electron chi connectivity index (χ4n) is 4.27. The van der Waals surface area contributed by atoms with E-state index < -0.39 is 74.6 Å². The maximum Gasteiger partial charge on any atom is 0.338 e. The summed E-state index contributed by atoms with van der Waals surface area (Å²) in [7, 11) is 0. The van der Waals surface area contributed by atoms with E-state index in [0.717, 1.165) is 0 Å². The standard InChI is InChI=1S/C22H30O12/c23-6-5-12-13(7-24)14(8-25)16(27)20(12)34-22-19(30)18(29)17(28)15(33-22)9-32-21(31)10-1-3-11(26)4-2-10/h1-4,12,15-20,22-30H,5-9H2. The van der Waals surface area contributed by atoms with Crippen molar-refractivity contribution in [1.29, 1.82) is 0 Å². The van der Waals surface area contributed by atoms with Crippen LogP contribution in [0.1, 0.15) is 16.8 Å². The lowest BCUT2D eigenvalue weighted by molar-refractivity contribution is -0.318. The lowest BCUT2D eigenvalue weighted by Gasteiger charge is -2.42. The van der Waals surface area contributed by atoms with Gasteiger partial charge in [0.1, 0.15) is 42.9 Å². The van der Waals surface area contributed by atoms with E-state index in [1.165, 1.54) is 24.3 Å². The van der Waals surface area contributed by atoms with Crippen molar-refractivity contribution in [3.63, 3.8) is 0 Å². The van der Waals surface area contributed by atoms with Crippen molar-refractivity contribution in [2.75, 3.05) is 26.4 Å². The molecular weight excluding hydrogens is 456 g/mol. The van der Waals surface area contributed by atoms with Crippen molar-refractivity contribution in [2.24, 2.45) is 5.92 Å². The van der Waals surface area contributed by atoms with E-state index in [1.807, 2.05) is 0 Å². The molecule has 12 nitrogen and oxygen atoms in total. The van der Waals surface area contributed by atoms with Gasteiger partial charge in [0.05, 0.1) is 24.9 Å². The Balaban J connectivity index is 1.70. The number of carbonyl (C=O) groups is 1. The molecule has 1 fully saturated rings. The van der Waals surface area contributed by atoms with Gasteiger partial charge in [0.15, 0.2) is 6.29 Å². The van der Waals surface area contributed by atoms with Gasteiger partial charge >= 0.3 is 5.97 Å². The molecule has 12 heteroatoms. The van der Waals surface area contributed by atoms with Crippen LogP contribution in [0.15, 0.2) is 35.4 Å². The minimum Gasteiger partial charge on any atom is -0.508 e. The summed E-state index contributed by atoms with van der Waals surface area (Å²) in [5, 5.41) is 79.5. The number of hydrogen-bond donors (Lipinski definition) is 8. The van der Waals surface area contributed by atoms with Crippen LogP contribution >= 0.6 is 0 Å². The van der Waals surface area contributed by atoms with E-state index in [2.05, 4.69) is 0 Å². The molecule has 8 unspecified atom stereocenters. The highest BCUT2D eigenvalue weighted by Crippen LogP contribution is 2.38. The van der Waals surface area contributed by atoms with E-state index in [-0.39, 0.29) is 29.9 Å². The van der Waals surface area contributed by atoms with Crippen molar-refractivity contribution >= 4 is 5.97 Å². The smallest absolute Gasteiger partial charge is 0.338 e. The van der Waals surface area contributed by atoms with E-state index in [4.69, 9.17) is 14.2 Å². The van der Waals surface area contributed by atoms with Gasteiger partial charge in [-0.05, 0) is 41.8 Å². The molecule has 34 heavy (non-hydrogen) atoms. The van der Waals surface area contributed by atoms with Gasteiger partial charge in [-0.25, -0.2) is 4.79 Å².